The van der Waals surface area contributed by atoms with E-state index in [1.54, 1.807) is 24.5 Å². The van der Waals surface area contributed by atoms with Crippen LogP contribution in [0.15, 0.2) is 41.8 Å². The number of carbonyl (C=O) groups is 2. The van der Waals surface area contributed by atoms with Crippen molar-refractivity contribution in [1.29, 1.82) is 0 Å². The third kappa shape index (κ3) is 10.5. The molecule has 0 aliphatic carbocycles. The van der Waals surface area contributed by atoms with E-state index in [0.717, 1.165) is 25.9 Å². The van der Waals surface area contributed by atoms with Crippen LogP contribution in [0, 0.1) is 0 Å². The summed E-state index contributed by atoms with van der Waals surface area (Å²) in [5.74, 6) is -2.51. The number of likely N-dealkylation sites (tertiary alicyclic amines) is 1. The molecule has 2 heterocycles. The van der Waals surface area contributed by atoms with Crippen molar-refractivity contribution in [3.8, 4) is 0 Å². The molecule has 1 saturated heterocycles. The molecule has 1 aromatic rings. The second kappa shape index (κ2) is 13.6. The minimum atomic E-state index is -1.26. The van der Waals surface area contributed by atoms with Crippen LogP contribution in [-0.4, -0.2) is 79.4 Å². The molecule has 1 fully saturated rings. The van der Waals surface area contributed by atoms with Crippen LogP contribution < -0.4 is 0 Å². The van der Waals surface area contributed by atoms with Crippen LogP contribution in [0.25, 0.3) is 0 Å². The standard InChI is InChI=1S/C14H20ClN3O3.C4H4O4/c15-13(11-5-4-6-16-9-11)17-21-10-12(19)14(20)18-7-2-1-3-8-18;5-3(6)1-2-4(7)8/h4-6,9,12,14,19-20H,1-3,7-8,10H2;1-2H,(H,5,6)(H,7,8). The third-order valence-corrected chi connectivity index (χ3v) is 4.05. The largest absolute Gasteiger partial charge is 0.478 e. The summed E-state index contributed by atoms with van der Waals surface area (Å²) in [4.78, 5) is 29.9. The van der Waals surface area contributed by atoms with Crippen LogP contribution >= 0.6 is 11.6 Å². The number of aromatic nitrogens is 1. The Balaban J connectivity index is 0.000000447. The molecule has 0 amide bonds. The van der Waals surface area contributed by atoms with Crippen LogP contribution in [0.5, 0.6) is 0 Å². The topological polar surface area (TPSA) is 153 Å². The number of aliphatic hydroxyl groups excluding tert-OH is 2. The van der Waals surface area contributed by atoms with Crippen molar-refractivity contribution in [1.82, 2.24) is 9.88 Å². The molecule has 0 aromatic carbocycles. The molecule has 2 atom stereocenters. The Morgan fingerprint density at radius 2 is 1.83 bits per heavy atom. The molecule has 160 valence electrons. The zero-order chi connectivity index (χ0) is 21.6. The lowest BCUT2D eigenvalue weighted by atomic mass is 10.1. The third-order valence-electron chi connectivity index (χ3n) is 3.77. The van der Waals surface area contributed by atoms with Gasteiger partial charge in [0.1, 0.15) is 18.9 Å². The molecule has 11 heteroatoms. The average molecular weight is 430 g/mol. The summed E-state index contributed by atoms with van der Waals surface area (Å²) in [6.07, 6.45) is 5.60. The first-order valence-electron chi connectivity index (χ1n) is 8.81. The van der Waals surface area contributed by atoms with Crippen molar-refractivity contribution in [2.75, 3.05) is 19.7 Å². The van der Waals surface area contributed by atoms with Gasteiger partial charge in [0.05, 0.1) is 0 Å². The van der Waals surface area contributed by atoms with E-state index in [2.05, 4.69) is 10.1 Å². The SMILES string of the molecule is O=C(O)C=CC(=O)O.OC(CON=C(Cl)c1cccnc1)C(O)N1CCCCC1. The molecule has 29 heavy (non-hydrogen) atoms. The van der Waals surface area contributed by atoms with Gasteiger partial charge in [-0.1, -0.05) is 23.2 Å². The molecular weight excluding hydrogens is 406 g/mol. The first-order valence-corrected chi connectivity index (χ1v) is 9.19. The second-order valence-electron chi connectivity index (χ2n) is 6.01. The van der Waals surface area contributed by atoms with Crippen molar-refractivity contribution in [3.05, 3.63) is 42.2 Å². The van der Waals surface area contributed by atoms with Crippen molar-refractivity contribution in [2.45, 2.75) is 31.6 Å². The molecule has 2 unspecified atom stereocenters. The van der Waals surface area contributed by atoms with Gasteiger partial charge in [-0.05, 0) is 25.0 Å². The number of rotatable bonds is 8. The van der Waals surface area contributed by atoms with E-state index in [9.17, 15) is 19.8 Å². The fraction of sp³-hybridized carbons (Fsp3) is 0.444. The van der Waals surface area contributed by atoms with Crippen LogP contribution in [-0.2, 0) is 14.4 Å². The summed E-state index contributed by atoms with van der Waals surface area (Å²) < 4.78 is 0. The van der Waals surface area contributed by atoms with Gasteiger partial charge < -0.3 is 25.3 Å². The minimum Gasteiger partial charge on any atom is -0.478 e. The zero-order valence-corrected chi connectivity index (χ0v) is 16.4. The maximum atomic E-state index is 10.0. The number of halogens is 1. The van der Waals surface area contributed by atoms with Crippen LogP contribution in [0.1, 0.15) is 24.8 Å². The summed E-state index contributed by atoms with van der Waals surface area (Å²) in [7, 11) is 0. The van der Waals surface area contributed by atoms with Gasteiger partial charge in [-0.2, -0.15) is 0 Å². The van der Waals surface area contributed by atoms with Crippen molar-refractivity contribution in [3.63, 3.8) is 0 Å². The molecule has 0 spiro atoms. The Kier molecular flexibility index (Phi) is 11.5. The zero-order valence-electron chi connectivity index (χ0n) is 15.6. The number of aliphatic carboxylic acids is 2. The van der Waals surface area contributed by atoms with Crippen molar-refractivity contribution < 1.29 is 34.9 Å². The number of aliphatic hydroxyl groups is 2. The Bertz CT molecular complexity index is 678. The number of piperidine rings is 1. The van der Waals surface area contributed by atoms with Gasteiger partial charge in [-0.25, -0.2) is 9.59 Å². The summed E-state index contributed by atoms with van der Waals surface area (Å²) in [6.45, 7) is 1.46. The van der Waals surface area contributed by atoms with E-state index in [0.29, 0.717) is 17.7 Å². The van der Waals surface area contributed by atoms with Crippen LogP contribution in [0.4, 0.5) is 0 Å². The molecule has 2 rings (SSSR count). The van der Waals surface area contributed by atoms with E-state index in [1.165, 1.54) is 6.42 Å². The van der Waals surface area contributed by atoms with E-state index < -0.39 is 24.3 Å². The quantitative estimate of drug-likeness (QED) is 0.268. The molecule has 1 aliphatic rings. The highest BCUT2D eigenvalue weighted by Gasteiger charge is 2.25. The van der Waals surface area contributed by atoms with Gasteiger partial charge in [-0.3, -0.25) is 9.88 Å². The van der Waals surface area contributed by atoms with Gasteiger partial charge in [0.15, 0.2) is 5.17 Å². The van der Waals surface area contributed by atoms with Gasteiger partial charge in [0.2, 0.25) is 0 Å². The lowest BCUT2D eigenvalue weighted by Gasteiger charge is -2.33. The molecular formula is C18H24ClN3O7. The van der Waals surface area contributed by atoms with Crippen molar-refractivity contribution >= 4 is 28.7 Å². The second-order valence-corrected chi connectivity index (χ2v) is 6.36. The Hall–Kier alpha value is -2.53. The number of oxime groups is 1. The summed E-state index contributed by atoms with van der Waals surface area (Å²) in [5, 5.41) is 39.4. The minimum absolute atomic E-state index is 0.117. The average Bonchev–Trinajstić information content (AvgIpc) is 2.73. The predicted octanol–water partition coefficient (Wildman–Crippen LogP) is 0.876. The highest BCUT2D eigenvalue weighted by Crippen LogP contribution is 2.13. The molecule has 0 bridgehead atoms. The smallest absolute Gasteiger partial charge is 0.328 e. The fourth-order valence-electron chi connectivity index (χ4n) is 2.36. The number of carboxylic acid groups (broad SMARTS) is 2. The van der Waals surface area contributed by atoms with E-state index in [4.69, 9.17) is 26.7 Å². The van der Waals surface area contributed by atoms with E-state index >= 15 is 0 Å². The lowest BCUT2D eigenvalue weighted by Crippen LogP contribution is -2.47. The molecule has 0 saturated carbocycles. The molecule has 10 nitrogen and oxygen atoms in total. The van der Waals surface area contributed by atoms with Gasteiger partial charge in [0, 0.05) is 43.2 Å². The number of hydrogen-bond acceptors (Lipinski definition) is 8. The van der Waals surface area contributed by atoms with E-state index in [1.807, 2.05) is 4.90 Å². The van der Waals surface area contributed by atoms with Crippen molar-refractivity contribution in [2.24, 2.45) is 5.16 Å². The summed E-state index contributed by atoms with van der Waals surface area (Å²) >= 11 is 5.95. The molecule has 0 radical (unpaired) electrons. The maximum Gasteiger partial charge on any atom is 0.328 e. The Morgan fingerprint density at radius 3 is 2.34 bits per heavy atom. The highest BCUT2D eigenvalue weighted by atomic mass is 35.5. The van der Waals surface area contributed by atoms with E-state index in [-0.39, 0.29) is 11.8 Å². The molecule has 1 aromatic heterocycles. The fourth-order valence-corrected chi connectivity index (χ4v) is 2.52. The number of carboxylic acids is 2. The maximum absolute atomic E-state index is 10.0. The van der Waals surface area contributed by atoms with Crippen LogP contribution in [0.2, 0.25) is 0 Å². The number of nitrogens with zero attached hydrogens (tertiary/aromatic N) is 3. The predicted molar refractivity (Wildman–Crippen MR) is 104 cm³/mol. The van der Waals surface area contributed by atoms with Gasteiger partial charge >= 0.3 is 11.9 Å². The Morgan fingerprint density at radius 1 is 1.21 bits per heavy atom. The first kappa shape index (κ1) is 24.5. The summed E-state index contributed by atoms with van der Waals surface area (Å²) in [5.41, 5.74) is 0.630. The van der Waals surface area contributed by atoms with Crippen LogP contribution in [0.3, 0.4) is 0 Å². The lowest BCUT2D eigenvalue weighted by molar-refractivity contribution is -0.134. The first-order chi connectivity index (χ1) is 13.8. The monoisotopic (exact) mass is 429 g/mol. The molecule has 4 N–H and O–H groups in total. The summed E-state index contributed by atoms with van der Waals surface area (Å²) in [6, 6.07) is 3.49. The van der Waals surface area contributed by atoms with Gasteiger partial charge in [0.25, 0.3) is 0 Å². The number of hydrogen-bond donors (Lipinski definition) is 4. The van der Waals surface area contributed by atoms with Gasteiger partial charge in [-0.15, -0.1) is 0 Å². The Labute approximate surface area is 172 Å². The number of pyridine rings is 1. The molecule has 1 aliphatic heterocycles. The normalized spacial score (nSPS) is 17.1. The highest BCUT2D eigenvalue weighted by molar-refractivity contribution is 6.69.